The molecule has 0 radical (unpaired) electrons. The van der Waals surface area contributed by atoms with Crippen molar-refractivity contribution in [1.29, 1.82) is 0 Å². The Morgan fingerprint density at radius 1 is 1.25 bits per heavy atom. The molecule has 4 heteroatoms. The fourth-order valence-corrected chi connectivity index (χ4v) is 2.34. The average molecular weight is 285 g/mol. The maximum atomic E-state index is 9.88. The van der Waals surface area contributed by atoms with E-state index >= 15 is 0 Å². The first-order valence-electron chi connectivity index (χ1n) is 7.85. The zero-order chi connectivity index (χ0) is 14.8. The van der Waals surface area contributed by atoms with E-state index in [1.54, 1.807) is 0 Å². The van der Waals surface area contributed by atoms with Crippen LogP contribution in [0.2, 0.25) is 0 Å². The lowest BCUT2D eigenvalue weighted by Gasteiger charge is -2.25. The smallest absolute Gasteiger partial charge is 0.0897 e. The van der Waals surface area contributed by atoms with Gasteiger partial charge >= 0.3 is 0 Å². The fraction of sp³-hybridized carbons (Fsp3) is 0.875. The lowest BCUT2D eigenvalue weighted by atomic mass is 9.85. The molecular formula is C16H31NO3. The minimum atomic E-state index is -0.450. The standard InChI is InChI=1S/C16H31NO3/c1-4-19-10-14(3)17-9-16(18)12-20-11-15-8-6-5-7-13(15)2/h5-6,13-18H,4,7-12H2,1-3H3. The van der Waals surface area contributed by atoms with E-state index in [-0.39, 0.29) is 6.04 Å². The van der Waals surface area contributed by atoms with Crippen LogP contribution in [0.15, 0.2) is 12.2 Å². The molecule has 0 aliphatic heterocycles. The van der Waals surface area contributed by atoms with Gasteiger partial charge in [0.1, 0.15) is 0 Å². The van der Waals surface area contributed by atoms with Crippen molar-refractivity contribution in [2.45, 2.75) is 45.8 Å². The Labute approximate surface area is 123 Å². The second-order valence-corrected chi connectivity index (χ2v) is 5.84. The molecule has 2 N–H and O–H groups in total. The molecule has 0 bridgehead atoms. The molecule has 4 atom stereocenters. The van der Waals surface area contributed by atoms with E-state index in [0.717, 1.165) is 26.1 Å². The van der Waals surface area contributed by atoms with Crippen molar-refractivity contribution in [3.63, 3.8) is 0 Å². The van der Waals surface area contributed by atoms with Crippen molar-refractivity contribution in [3.05, 3.63) is 12.2 Å². The summed E-state index contributed by atoms with van der Waals surface area (Å²) in [6.45, 7) is 9.41. The summed E-state index contributed by atoms with van der Waals surface area (Å²) >= 11 is 0. The van der Waals surface area contributed by atoms with Crippen LogP contribution in [-0.2, 0) is 9.47 Å². The van der Waals surface area contributed by atoms with Crippen molar-refractivity contribution >= 4 is 0 Å². The summed E-state index contributed by atoms with van der Waals surface area (Å²) in [4.78, 5) is 0. The van der Waals surface area contributed by atoms with Gasteiger partial charge in [-0.15, -0.1) is 0 Å². The summed E-state index contributed by atoms with van der Waals surface area (Å²) in [5.74, 6) is 1.28. The quantitative estimate of drug-likeness (QED) is 0.603. The van der Waals surface area contributed by atoms with E-state index in [9.17, 15) is 5.11 Å². The van der Waals surface area contributed by atoms with E-state index in [4.69, 9.17) is 9.47 Å². The molecule has 0 amide bonds. The molecule has 1 aliphatic carbocycles. The molecule has 1 aliphatic rings. The summed E-state index contributed by atoms with van der Waals surface area (Å²) in [6.07, 6.45) is 6.28. The Bertz CT molecular complexity index is 270. The van der Waals surface area contributed by atoms with Crippen LogP contribution in [0, 0.1) is 11.8 Å². The third-order valence-electron chi connectivity index (χ3n) is 3.83. The molecule has 4 nitrogen and oxygen atoms in total. The van der Waals surface area contributed by atoms with Gasteiger partial charge in [0.2, 0.25) is 0 Å². The van der Waals surface area contributed by atoms with Gasteiger partial charge in [-0.2, -0.15) is 0 Å². The van der Waals surface area contributed by atoms with Crippen LogP contribution in [0.25, 0.3) is 0 Å². The lowest BCUT2D eigenvalue weighted by Crippen LogP contribution is -2.38. The molecule has 0 saturated heterocycles. The zero-order valence-electron chi connectivity index (χ0n) is 13.2. The molecule has 20 heavy (non-hydrogen) atoms. The normalized spacial score (nSPS) is 25.6. The molecule has 0 aromatic carbocycles. The topological polar surface area (TPSA) is 50.7 Å². The number of rotatable bonds is 10. The number of ether oxygens (including phenoxy) is 2. The minimum absolute atomic E-state index is 0.258. The van der Waals surface area contributed by atoms with E-state index in [1.807, 2.05) is 6.92 Å². The molecule has 0 fully saturated rings. The van der Waals surface area contributed by atoms with E-state index in [1.165, 1.54) is 0 Å². The molecule has 0 spiro atoms. The first-order valence-corrected chi connectivity index (χ1v) is 7.85. The van der Waals surface area contributed by atoms with Gasteiger partial charge in [-0.25, -0.2) is 0 Å². The molecule has 0 heterocycles. The fourth-order valence-electron chi connectivity index (χ4n) is 2.34. The van der Waals surface area contributed by atoms with Crippen LogP contribution in [0.5, 0.6) is 0 Å². The Balaban J connectivity index is 2.05. The number of hydrogen-bond acceptors (Lipinski definition) is 4. The van der Waals surface area contributed by atoms with Crippen LogP contribution in [0.1, 0.15) is 33.6 Å². The van der Waals surface area contributed by atoms with Crippen LogP contribution in [0.3, 0.4) is 0 Å². The van der Waals surface area contributed by atoms with Gasteiger partial charge in [0.05, 0.1) is 25.9 Å². The number of hydrogen-bond donors (Lipinski definition) is 2. The van der Waals surface area contributed by atoms with Crippen molar-refractivity contribution in [1.82, 2.24) is 5.32 Å². The van der Waals surface area contributed by atoms with Crippen LogP contribution < -0.4 is 5.32 Å². The third-order valence-corrected chi connectivity index (χ3v) is 3.83. The molecule has 4 unspecified atom stereocenters. The van der Waals surface area contributed by atoms with Crippen molar-refractivity contribution in [2.24, 2.45) is 11.8 Å². The van der Waals surface area contributed by atoms with Crippen LogP contribution >= 0.6 is 0 Å². The number of nitrogens with one attached hydrogen (secondary N) is 1. The molecule has 1 rings (SSSR count). The third kappa shape index (κ3) is 7.39. The van der Waals surface area contributed by atoms with Gasteiger partial charge in [0.25, 0.3) is 0 Å². The molecular weight excluding hydrogens is 254 g/mol. The van der Waals surface area contributed by atoms with Crippen molar-refractivity contribution in [2.75, 3.05) is 33.0 Å². The minimum Gasteiger partial charge on any atom is -0.389 e. The molecule has 118 valence electrons. The summed E-state index contributed by atoms with van der Waals surface area (Å²) in [6, 6.07) is 0.258. The largest absolute Gasteiger partial charge is 0.389 e. The SMILES string of the molecule is CCOCC(C)NCC(O)COCC1CC=CCC1C. The number of aliphatic hydroxyl groups excluding tert-OH is 1. The highest BCUT2D eigenvalue weighted by molar-refractivity contribution is 4.93. The van der Waals surface area contributed by atoms with E-state index < -0.39 is 6.10 Å². The van der Waals surface area contributed by atoms with E-state index in [2.05, 4.69) is 31.3 Å². The Hall–Kier alpha value is -0.420. The van der Waals surface area contributed by atoms with Crippen LogP contribution in [-0.4, -0.2) is 50.2 Å². The second kappa shape index (κ2) is 10.3. The molecule has 0 aromatic heterocycles. The first kappa shape index (κ1) is 17.6. The second-order valence-electron chi connectivity index (χ2n) is 5.84. The monoisotopic (exact) mass is 285 g/mol. The van der Waals surface area contributed by atoms with Crippen molar-refractivity contribution < 1.29 is 14.6 Å². The highest BCUT2D eigenvalue weighted by Gasteiger charge is 2.18. The van der Waals surface area contributed by atoms with Gasteiger partial charge in [0, 0.05) is 19.2 Å². The predicted octanol–water partition coefficient (Wildman–Crippen LogP) is 1.98. The Kier molecular flexibility index (Phi) is 9.10. The summed E-state index contributed by atoms with van der Waals surface area (Å²) in [7, 11) is 0. The predicted molar refractivity (Wildman–Crippen MR) is 81.8 cm³/mol. The maximum absolute atomic E-state index is 9.88. The van der Waals surface area contributed by atoms with Crippen molar-refractivity contribution in [3.8, 4) is 0 Å². The Morgan fingerprint density at radius 2 is 2.00 bits per heavy atom. The summed E-state index contributed by atoms with van der Waals surface area (Å²) in [5, 5.41) is 13.1. The first-order chi connectivity index (χ1) is 9.63. The Morgan fingerprint density at radius 3 is 2.70 bits per heavy atom. The highest BCUT2D eigenvalue weighted by atomic mass is 16.5. The van der Waals surface area contributed by atoms with Gasteiger partial charge in [-0.3, -0.25) is 0 Å². The maximum Gasteiger partial charge on any atom is 0.0897 e. The summed E-state index contributed by atoms with van der Waals surface area (Å²) < 4.78 is 11.0. The molecule has 0 saturated carbocycles. The lowest BCUT2D eigenvalue weighted by molar-refractivity contribution is 0.0106. The highest BCUT2D eigenvalue weighted by Crippen LogP contribution is 2.24. The molecule has 0 aromatic rings. The average Bonchev–Trinajstić information content (AvgIpc) is 2.45. The van der Waals surface area contributed by atoms with E-state index in [0.29, 0.717) is 31.6 Å². The van der Waals surface area contributed by atoms with Gasteiger partial charge in [0.15, 0.2) is 0 Å². The van der Waals surface area contributed by atoms with Gasteiger partial charge < -0.3 is 19.9 Å². The summed E-state index contributed by atoms with van der Waals surface area (Å²) in [5.41, 5.74) is 0. The van der Waals surface area contributed by atoms with Gasteiger partial charge in [-0.1, -0.05) is 19.1 Å². The van der Waals surface area contributed by atoms with Gasteiger partial charge in [-0.05, 0) is 38.5 Å². The number of allylic oxidation sites excluding steroid dienone is 2. The number of aliphatic hydroxyl groups is 1. The zero-order valence-corrected chi connectivity index (χ0v) is 13.2. The van der Waals surface area contributed by atoms with Crippen LogP contribution in [0.4, 0.5) is 0 Å².